The predicted octanol–water partition coefficient (Wildman–Crippen LogP) is -0.763. The first-order chi connectivity index (χ1) is 15.7. The topological polar surface area (TPSA) is 165 Å². The molecule has 0 fully saturated rings. The number of aliphatic hydroxyl groups is 2. The fraction of sp³-hybridized carbons (Fsp3) is 0.286. The van der Waals surface area contributed by atoms with E-state index in [0.29, 0.717) is 17.5 Å². The van der Waals surface area contributed by atoms with Crippen molar-refractivity contribution in [1.29, 1.82) is 0 Å². The summed E-state index contributed by atoms with van der Waals surface area (Å²) in [5.74, 6) is -1.70. The molecule has 0 saturated heterocycles. The van der Waals surface area contributed by atoms with E-state index in [0.717, 1.165) is 5.56 Å². The number of pyridine rings is 2. The van der Waals surface area contributed by atoms with Crippen molar-refractivity contribution in [3.63, 3.8) is 0 Å². The van der Waals surface area contributed by atoms with Gasteiger partial charge in [-0.3, -0.25) is 14.6 Å². The zero-order valence-electron chi connectivity index (χ0n) is 17.4. The second-order valence-electron chi connectivity index (χ2n) is 7.36. The van der Waals surface area contributed by atoms with E-state index in [2.05, 4.69) is 10.3 Å². The number of nitrogens with zero attached hydrogens (tertiary/aromatic N) is 2. The molecule has 5 N–H and O–H groups in total. The highest BCUT2D eigenvalue weighted by atomic mass is 32.2. The molecule has 176 valence electrons. The smallest absolute Gasteiger partial charge is 0.264 e. The van der Waals surface area contributed by atoms with E-state index < -0.39 is 40.4 Å². The van der Waals surface area contributed by atoms with E-state index in [1.54, 1.807) is 18.2 Å². The van der Waals surface area contributed by atoms with Crippen LogP contribution in [-0.4, -0.2) is 52.8 Å². The lowest BCUT2D eigenvalue weighted by Crippen LogP contribution is -2.35. The van der Waals surface area contributed by atoms with Gasteiger partial charge >= 0.3 is 0 Å². The average Bonchev–Trinajstić information content (AvgIpc) is 2.73. The van der Waals surface area contributed by atoms with Crippen LogP contribution in [0.15, 0.2) is 41.3 Å². The van der Waals surface area contributed by atoms with Crippen molar-refractivity contribution in [1.82, 2.24) is 14.9 Å². The summed E-state index contributed by atoms with van der Waals surface area (Å²) < 4.78 is 36.0. The maximum absolute atomic E-state index is 13.2. The Balaban J connectivity index is 2.15. The van der Waals surface area contributed by atoms with Gasteiger partial charge in [0.25, 0.3) is 11.5 Å². The van der Waals surface area contributed by atoms with E-state index in [-0.39, 0.29) is 35.9 Å². The minimum atomic E-state index is -2.66. The van der Waals surface area contributed by atoms with Crippen molar-refractivity contribution in [2.24, 2.45) is 5.73 Å². The third kappa shape index (κ3) is 5.99. The van der Waals surface area contributed by atoms with Crippen molar-refractivity contribution in [2.45, 2.75) is 25.7 Å². The average molecular weight is 479 g/mol. The van der Waals surface area contributed by atoms with Gasteiger partial charge in [0.1, 0.15) is 11.4 Å². The van der Waals surface area contributed by atoms with Crippen LogP contribution < -0.4 is 16.6 Å². The lowest BCUT2D eigenvalue weighted by Gasteiger charge is -2.17. The van der Waals surface area contributed by atoms with Crippen molar-refractivity contribution >= 4 is 27.6 Å². The normalized spacial score (nSPS) is 11.5. The number of rotatable bonds is 10. The summed E-state index contributed by atoms with van der Waals surface area (Å²) >= 11 is 0. The van der Waals surface area contributed by atoms with Crippen LogP contribution >= 0.6 is 0 Å². The molecular weight excluding hydrogens is 455 g/mol. The summed E-state index contributed by atoms with van der Waals surface area (Å²) in [5.41, 5.74) is 6.25. The molecule has 33 heavy (non-hydrogen) atoms. The van der Waals surface area contributed by atoms with E-state index in [9.17, 15) is 32.6 Å². The Morgan fingerprint density at radius 3 is 2.52 bits per heavy atom. The Kier molecular flexibility index (Phi) is 7.87. The fourth-order valence-corrected chi connectivity index (χ4v) is 3.92. The molecule has 0 radical (unpaired) electrons. The number of hydrogen-bond donors (Lipinski definition) is 5. The molecule has 0 unspecified atom stereocenters. The van der Waals surface area contributed by atoms with Gasteiger partial charge < -0.3 is 25.8 Å². The van der Waals surface area contributed by atoms with Gasteiger partial charge in [-0.2, -0.15) is 0 Å². The molecule has 1 amide bonds. The van der Waals surface area contributed by atoms with E-state index >= 15 is 0 Å². The number of amides is 1. The molecule has 0 aliphatic carbocycles. The first-order valence-corrected chi connectivity index (χ1v) is 11.3. The number of nitrogens with one attached hydrogen (secondary N) is 1. The number of benzene rings is 1. The third-order valence-electron chi connectivity index (χ3n) is 4.97. The monoisotopic (exact) mass is 478 g/mol. The number of thiol groups is 1. The van der Waals surface area contributed by atoms with E-state index in [4.69, 9.17) is 5.73 Å². The third-order valence-corrected chi connectivity index (χ3v) is 5.45. The van der Waals surface area contributed by atoms with Gasteiger partial charge in [0, 0.05) is 31.3 Å². The maximum Gasteiger partial charge on any atom is 0.264 e. The van der Waals surface area contributed by atoms with Crippen LogP contribution in [0.1, 0.15) is 27.0 Å². The highest BCUT2D eigenvalue weighted by molar-refractivity contribution is 7.72. The Hall–Kier alpha value is -3.19. The quantitative estimate of drug-likeness (QED) is 0.144. The van der Waals surface area contributed by atoms with Crippen LogP contribution in [0.2, 0.25) is 0 Å². The number of nitrogens with two attached hydrogens (primary N) is 1. The molecular formula is C21H23FN4O6S. The van der Waals surface area contributed by atoms with E-state index in [1.165, 1.54) is 22.9 Å². The summed E-state index contributed by atoms with van der Waals surface area (Å²) in [6, 6.07) is 7.55. The molecule has 2 aromatic heterocycles. The lowest BCUT2D eigenvalue weighted by molar-refractivity contribution is -0.0380. The minimum absolute atomic E-state index is 0.00241. The Morgan fingerprint density at radius 1 is 1.21 bits per heavy atom. The zero-order valence-corrected chi connectivity index (χ0v) is 18.3. The number of carbonyl (C=O) groups is 1. The van der Waals surface area contributed by atoms with Crippen LogP contribution in [-0.2, 0) is 30.1 Å². The van der Waals surface area contributed by atoms with Gasteiger partial charge in [0.2, 0.25) is 0 Å². The standard InChI is InChI=1S/C21H23FN4O6S/c22-14-3-1-12(2-4-14)7-13-8-16-19(25-10-13)15(9-17(27)28)18(20(23)29)21(30)26(16)6-5-24-11-33(31)32/h1-4,8,10,17,24,27-28,33H,5-7,9,11H2,(H2,23,29). The van der Waals surface area contributed by atoms with Crippen molar-refractivity contribution in [3.8, 4) is 0 Å². The molecule has 0 aliphatic heterocycles. The van der Waals surface area contributed by atoms with Crippen LogP contribution in [0.4, 0.5) is 4.39 Å². The molecule has 0 saturated carbocycles. The highest BCUT2D eigenvalue weighted by Gasteiger charge is 2.23. The summed E-state index contributed by atoms with van der Waals surface area (Å²) in [6.07, 6.45) is -0.401. The first-order valence-electron chi connectivity index (χ1n) is 9.94. The Morgan fingerprint density at radius 2 is 1.91 bits per heavy atom. The molecule has 12 heteroatoms. The fourth-order valence-electron chi connectivity index (χ4n) is 3.58. The molecule has 0 bridgehead atoms. The molecule has 3 aromatic rings. The van der Waals surface area contributed by atoms with Crippen LogP contribution in [0.5, 0.6) is 0 Å². The second kappa shape index (κ2) is 10.6. The van der Waals surface area contributed by atoms with Gasteiger partial charge in [0.15, 0.2) is 17.0 Å². The zero-order chi connectivity index (χ0) is 24.1. The molecule has 0 aliphatic rings. The van der Waals surface area contributed by atoms with E-state index in [1.807, 2.05) is 0 Å². The molecule has 1 aromatic carbocycles. The van der Waals surface area contributed by atoms with Crippen molar-refractivity contribution < 1.29 is 27.8 Å². The van der Waals surface area contributed by atoms with Crippen LogP contribution in [0, 0.1) is 5.82 Å². The largest absolute Gasteiger partial charge is 0.368 e. The number of aromatic nitrogens is 2. The number of hydrogen-bond acceptors (Lipinski definition) is 8. The van der Waals surface area contributed by atoms with Gasteiger partial charge in [-0.05, 0) is 35.7 Å². The summed E-state index contributed by atoms with van der Waals surface area (Å²) in [7, 11) is -2.66. The van der Waals surface area contributed by atoms with Crippen LogP contribution in [0.3, 0.4) is 0 Å². The predicted molar refractivity (Wildman–Crippen MR) is 119 cm³/mol. The SMILES string of the molecule is NC(=O)c1c(CC(O)O)c2ncc(Cc3ccc(F)cc3)cc2n(CCNC[SH](=O)=O)c1=O. The number of halogens is 1. The van der Waals surface area contributed by atoms with Gasteiger partial charge in [0.05, 0.1) is 16.9 Å². The molecule has 3 rings (SSSR count). The van der Waals surface area contributed by atoms with Gasteiger partial charge in [-0.15, -0.1) is 0 Å². The second-order valence-corrected chi connectivity index (χ2v) is 8.35. The van der Waals surface area contributed by atoms with Crippen LogP contribution in [0.25, 0.3) is 11.0 Å². The minimum Gasteiger partial charge on any atom is -0.368 e. The maximum atomic E-state index is 13.2. The molecule has 10 nitrogen and oxygen atoms in total. The number of primary amides is 1. The summed E-state index contributed by atoms with van der Waals surface area (Å²) in [5, 5.41) is 21.7. The summed E-state index contributed by atoms with van der Waals surface area (Å²) in [4.78, 5) is 29.6. The number of aliphatic hydroxyl groups excluding tert-OH is 1. The van der Waals surface area contributed by atoms with Gasteiger partial charge in [-0.25, -0.2) is 12.8 Å². The van der Waals surface area contributed by atoms with Gasteiger partial charge in [-0.1, -0.05) is 12.1 Å². The molecule has 0 spiro atoms. The molecule has 2 heterocycles. The lowest BCUT2D eigenvalue weighted by atomic mass is 10.0. The summed E-state index contributed by atoms with van der Waals surface area (Å²) in [6.45, 7) is 0.100. The highest BCUT2D eigenvalue weighted by Crippen LogP contribution is 2.22. The van der Waals surface area contributed by atoms with Crippen molar-refractivity contribution in [2.75, 3.05) is 12.4 Å². The van der Waals surface area contributed by atoms with Crippen molar-refractivity contribution in [3.05, 3.63) is 75.0 Å². The number of carbonyl (C=O) groups excluding carboxylic acids is 1. The Labute approximate surface area is 189 Å². The number of fused-ring (bicyclic) bond motifs is 1. The first kappa shape index (κ1) is 24.5. The molecule has 0 atom stereocenters. The Bertz CT molecular complexity index is 1300.